The molecule has 1 atom stereocenters. The van der Waals surface area contributed by atoms with Crippen LogP contribution in [-0.2, 0) is 13.1 Å². The van der Waals surface area contributed by atoms with Crippen LogP contribution in [0.15, 0.2) is 24.3 Å². The quantitative estimate of drug-likeness (QED) is 0.878. The number of hydrogen-bond acceptors (Lipinski definition) is 2. The summed E-state index contributed by atoms with van der Waals surface area (Å²) in [5, 5.41) is 17.7. The summed E-state index contributed by atoms with van der Waals surface area (Å²) in [5.74, 6) is 0. The van der Waals surface area contributed by atoms with Gasteiger partial charge in [0.05, 0.1) is 23.7 Å². The fourth-order valence-electron chi connectivity index (χ4n) is 2.19. The summed E-state index contributed by atoms with van der Waals surface area (Å²) in [5.41, 5.74) is 2.56. The smallest absolute Gasteiger partial charge is 0.203 e. The van der Waals surface area contributed by atoms with Crippen LogP contribution in [0.2, 0.25) is 0 Å². The molecular weight excluding hydrogens is 250 g/mol. The molecule has 0 spiro atoms. The predicted molar refractivity (Wildman–Crippen MR) is 75.0 cm³/mol. The van der Waals surface area contributed by atoms with E-state index in [9.17, 15) is 5.11 Å². The van der Waals surface area contributed by atoms with Gasteiger partial charge in [-0.25, -0.2) is 0 Å². The van der Waals surface area contributed by atoms with Gasteiger partial charge >= 0.3 is 0 Å². The lowest BCUT2D eigenvalue weighted by molar-refractivity contribution is 0.172. The lowest BCUT2D eigenvalue weighted by Crippen LogP contribution is -2.27. The number of nitrogens with one attached hydrogen (secondary N) is 1. The molecule has 0 aliphatic carbocycles. The number of fused-ring (bicyclic) bond motifs is 1. The highest BCUT2D eigenvalue weighted by Crippen LogP contribution is 2.13. The Hall–Kier alpha value is -1.26. The second kappa shape index (κ2) is 6.07. The second-order valence-electron chi connectivity index (χ2n) is 4.42. The Morgan fingerprint density at radius 1 is 1.22 bits per heavy atom. The molecule has 0 amide bonds. The Morgan fingerprint density at radius 2 is 1.78 bits per heavy atom. The average Bonchev–Trinajstić information content (AvgIpc) is 2.55. The normalized spacial score (nSPS) is 12.4. The number of para-hydroxylation sites is 2. The molecular formula is C13H20ClN3O. The lowest BCUT2D eigenvalue weighted by Gasteiger charge is -2.06. The van der Waals surface area contributed by atoms with Crippen LogP contribution in [0.5, 0.6) is 0 Å². The summed E-state index contributed by atoms with van der Waals surface area (Å²) in [7, 11) is 0. The maximum Gasteiger partial charge on any atom is 0.203 e. The molecule has 2 rings (SSSR count). The van der Waals surface area contributed by atoms with E-state index in [0.717, 1.165) is 24.0 Å². The largest absolute Gasteiger partial charge is 0.392 e. The number of hydrogen-bond donors (Lipinski definition) is 2. The number of nitrogens with zero attached hydrogens (tertiary/aromatic N) is 2. The molecule has 4 nitrogen and oxygen atoms in total. The zero-order chi connectivity index (χ0) is 12.4. The molecule has 0 fully saturated rings. The number of benzene rings is 1. The Balaban J connectivity index is 0.00000162. The van der Waals surface area contributed by atoms with Crippen LogP contribution in [0.4, 0.5) is 0 Å². The van der Waals surface area contributed by atoms with Crippen molar-refractivity contribution in [3.63, 3.8) is 0 Å². The molecule has 0 saturated carbocycles. The van der Waals surface area contributed by atoms with E-state index in [-0.39, 0.29) is 12.4 Å². The van der Waals surface area contributed by atoms with Crippen molar-refractivity contribution in [2.75, 3.05) is 0 Å². The van der Waals surface area contributed by atoms with Crippen LogP contribution in [0.25, 0.3) is 11.0 Å². The summed E-state index contributed by atoms with van der Waals surface area (Å²) < 4.78 is 3.87. The van der Waals surface area contributed by atoms with Crippen molar-refractivity contribution in [3.05, 3.63) is 29.9 Å². The molecule has 2 N–H and O–H groups in total. The SMILES string of the molecule is CCCn1c(=N)n(CC(C)O)c2ccccc21.Cl. The van der Waals surface area contributed by atoms with Gasteiger partial charge < -0.3 is 14.2 Å². The van der Waals surface area contributed by atoms with Gasteiger partial charge in [-0.15, -0.1) is 12.4 Å². The van der Waals surface area contributed by atoms with Gasteiger partial charge in [0, 0.05) is 6.54 Å². The van der Waals surface area contributed by atoms with E-state index in [1.807, 2.05) is 33.4 Å². The molecule has 0 bridgehead atoms. The Morgan fingerprint density at radius 3 is 2.28 bits per heavy atom. The molecule has 1 aromatic heterocycles. The van der Waals surface area contributed by atoms with E-state index in [2.05, 4.69) is 6.92 Å². The first-order chi connectivity index (χ1) is 8.15. The van der Waals surface area contributed by atoms with Crippen molar-refractivity contribution in [1.29, 1.82) is 5.41 Å². The Bertz CT molecular complexity index is 571. The maximum atomic E-state index is 9.52. The minimum absolute atomic E-state index is 0. The molecule has 0 saturated heterocycles. The van der Waals surface area contributed by atoms with Gasteiger partial charge in [-0.1, -0.05) is 19.1 Å². The van der Waals surface area contributed by atoms with Gasteiger partial charge in [0.1, 0.15) is 0 Å². The van der Waals surface area contributed by atoms with Gasteiger partial charge in [-0.05, 0) is 25.5 Å². The summed E-state index contributed by atoms with van der Waals surface area (Å²) >= 11 is 0. The summed E-state index contributed by atoms with van der Waals surface area (Å²) in [6.45, 7) is 5.16. The van der Waals surface area contributed by atoms with Crippen molar-refractivity contribution < 1.29 is 5.11 Å². The lowest BCUT2D eigenvalue weighted by atomic mass is 10.3. The van der Waals surface area contributed by atoms with Crippen LogP contribution in [0.3, 0.4) is 0 Å². The summed E-state index contributed by atoms with van der Waals surface area (Å²) in [4.78, 5) is 0. The van der Waals surface area contributed by atoms with Crippen molar-refractivity contribution in [3.8, 4) is 0 Å². The number of rotatable bonds is 4. The molecule has 100 valence electrons. The number of imidazole rings is 1. The predicted octanol–water partition coefficient (Wildman–Crippen LogP) is 2.13. The zero-order valence-corrected chi connectivity index (χ0v) is 11.6. The van der Waals surface area contributed by atoms with E-state index in [4.69, 9.17) is 5.41 Å². The molecule has 18 heavy (non-hydrogen) atoms. The van der Waals surface area contributed by atoms with Crippen molar-refractivity contribution in [2.24, 2.45) is 0 Å². The third kappa shape index (κ3) is 2.60. The van der Waals surface area contributed by atoms with Crippen molar-refractivity contribution in [2.45, 2.75) is 39.5 Å². The Kier molecular flexibility index (Phi) is 4.99. The third-order valence-electron chi connectivity index (χ3n) is 2.87. The molecule has 0 aliphatic rings. The first-order valence-electron chi connectivity index (χ1n) is 6.06. The van der Waals surface area contributed by atoms with Gasteiger partial charge in [0.25, 0.3) is 0 Å². The van der Waals surface area contributed by atoms with Gasteiger partial charge in [0.2, 0.25) is 5.62 Å². The van der Waals surface area contributed by atoms with Gasteiger partial charge in [-0.3, -0.25) is 5.41 Å². The standard InChI is InChI=1S/C13H19N3O.ClH/c1-3-8-15-11-6-4-5-7-12(11)16(13(15)14)9-10(2)17;/h4-7,10,14,17H,3,8-9H2,1-2H3;1H. The van der Waals surface area contributed by atoms with Crippen LogP contribution < -0.4 is 5.62 Å². The number of aromatic nitrogens is 2. The topological polar surface area (TPSA) is 53.9 Å². The maximum absolute atomic E-state index is 9.52. The number of aryl methyl sites for hydroxylation is 1. The van der Waals surface area contributed by atoms with Crippen LogP contribution in [-0.4, -0.2) is 20.3 Å². The molecule has 1 unspecified atom stereocenters. The Labute approximate surface area is 113 Å². The highest BCUT2D eigenvalue weighted by molar-refractivity contribution is 5.85. The zero-order valence-electron chi connectivity index (χ0n) is 10.8. The second-order valence-corrected chi connectivity index (χ2v) is 4.42. The van der Waals surface area contributed by atoms with Crippen LogP contribution >= 0.6 is 12.4 Å². The average molecular weight is 270 g/mol. The van der Waals surface area contributed by atoms with Gasteiger partial charge in [0.15, 0.2) is 0 Å². The molecule has 0 aliphatic heterocycles. The monoisotopic (exact) mass is 269 g/mol. The fourth-order valence-corrected chi connectivity index (χ4v) is 2.19. The molecule has 1 aromatic carbocycles. The van der Waals surface area contributed by atoms with Crippen molar-refractivity contribution >= 4 is 23.4 Å². The summed E-state index contributed by atoms with van der Waals surface area (Å²) in [6, 6.07) is 7.99. The van der Waals surface area contributed by atoms with Crippen molar-refractivity contribution in [1.82, 2.24) is 9.13 Å². The van der Waals surface area contributed by atoms with E-state index in [1.54, 1.807) is 6.92 Å². The van der Waals surface area contributed by atoms with E-state index < -0.39 is 6.10 Å². The minimum atomic E-state index is -0.440. The fraction of sp³-hybridized carbons (Fsp3) is 0.462. The van der Waals surface area contributed by atoms with E-state index in [1.165, 1.54) is 0 Å². The number of halogens is 1. The highest BCUT2D eigenvalue weighted by Gasteiger charge is 2.10. The molecule has 0 radical (unpaired) electrons. The first kappa shape index (κ1) is 14.8. The van der Waals surface area contributed by atoms with Crippen LogP contribution in [0.1, 0.15) is 20.3 Å². The van der Waals surface area contributed by atoms with E-state index in [0.29, 0.717) is 12.2 Å². The van der Waals surface area contributed by atoms with E-state index >= 15 is 0 Å². The van der Waals surface area contributed by atoms with Crippen LogP contribution in [0, 0.1) is 5.41 Å². The number of aliphatic hydroxyl groups is 1. The highest BCUT2D eigenvalue weighted by atomic mass is 35.5. The molecule has 5 heteroatoms. The van der Waals surface area contributed by atoms with Gasteiger partial charge in [-0.2, -0.15) is 0 Å². The third-order valence-corrected chi connectivity index (χ3v) is 2.87. The number of aliphatic hydroxyl groups excluding tert-OH is 1. The minimum Gasteiger partial charge on any atom is -0.392 e. The summed E-state index contributed by atoms with van der Waals surface area (Å²) in [6.07, 6.45) is 0.559. The first-order valence-corrected chi connectivity index (χ1v) is 6.06. The molecule has 2 aromatic rings. The molecule has 1 heterocycles.